The molecule has 0 aromatic heterocycles. The second-order valence-electron chi connectivity index (χ2n) is 4.73. The molecule has 24 heavy (non-hydrogen) atoms. The van der Waals surface area contributed by atoms with Crippen LogP contribution in [0.15, 0.2) is 36.4 Å². The van der Waals surface area contributed by atoms with Gasteiger partial charge in [0, 0.05) is 5.56 Å². The van der Waals surface area contributed by atoms with Gasteiger partial charge in [-0.2, -0.15) is 13.2 Å². The molecule has 0 radical (unpaired) electrons. The van der Waals surface area contributed by atoms with Gasteiger partial charge in [0.2, 0.25) is 0 Å². The zero-order valence-corrected chi connectivity index (χ0v) is 13.2. The molecule has 126 valence electrons. The summed E-state index contributed by atoms with van der Waals surface area (Å²) in [5, 5.41) is 9.20. The molecular weight excluding hydrogens is 371 g/mol. The lowest BCUT2D eigenvalue weighted by Gasteiger charge is -2.08. The number of halogens is 6. The highest BCUT2D eigenvalue weighted by Crippen LogP contribution is 2.34. The fraction of sp³-hybridized carbons (Fsp3) is 0.0625. The zero-order valence-electron chi connectivity index (χ0n) is 11.7. The van der Waals surface area contributed by atoms with Gasteiger partial charge in [-0.3, -0.25) is 4.79 Å². The highest BCUT2D eigenvalue weighted by atomic mass is 35.5. The summed E-state index contributed by atoms with van der Waals surface area (Å²) < 4.78 is 51.2. The Morgan fingerprint density at radius 3 is 2.38 bits per heavy atom. The number of aromatic hydroxyl groups is 1. The predicted octanol–water partition coefficient (Wildman–Crippen LogP) is 5.75. The van der Waals surface area contributed by atoms with Crippen molar-refractivity contribution >= 4 is 35.1 Å². The Kier molecular flexibility index (Phi) is 5.20. The zero-order chi connectivity index (χ0) is 18.1. The molecule has 0 atom stereocenters. The summed E-state index contributed by atoms with van der Waals surface area (Å²) in [7, 11) is 0. The van der Waals surface area contributed by atoms with Gasteiger partial charge < -0.3 is 5.11 Å². The number of hydrogen-bond acceptors (Lipinski definition) is 2. The minimum absolute atomic E-state index is 0.0315. The number of rotatable bonds is 3. The van der Waals surface area contributed by atoms with E-state index in [0.717, 1.165) is 6.08 Å². The third kappa shape index (κ3) is 4.07. The van der Waals surface area contributed by atoms with Gasteiger partial charge in [0.1, 0.15) is 16.6 Å². The molecule has 0 aliphatic carbocycles. The Morgan fingerprint density at radius 2 is 1.75 bits per heavy atom. The van der Waals surface area contributed by atoms with Gasteiger partial charge in [0.15, 0.2) is 5.78 Å². The minimum atomic E-state index is -4.77. The van der Waals surface area contributed by atoms with Crippen molar-refractivity contribution < 1.29 is 27.5 Å². The lowest BCUT2D eigenvalue weighted by atomic mass is 10.1. The summed E-state index contributed by atoms with van der Waals surface area (Å²) in [4.78, 5) is 12.0. The van der Waals surface area contributed by atoms with E-state index in [9.17, 15) is 27.5 Å². The number of phenols is 1. The molecule has 2 nitrogen and oxygen atoms in total. The highest BCUT2D eigenvalue weighted by Gasteiger charge is 2.31. The number of carbonyl (C=O) groups excluding carboxylic acids is 1. The van der Waals surface area contributed by atoms with E-state index in [1.165, 1.54) is 18.2 Å². The molecule has 8 heteroatoms. The van der Waals surface area contributed by atoms with Crippen molar-refractivity contribution in [1.82, 2.24) is 0 Å². The average Bonchev–Trinajstić information content (AvgIpc) is 2.50. The van der Waals surface area contributed by atoms with E-state index >= 15 is 0 Å². The number of ketones is 1. The minimum Gasteiger partial charge on any atom is -0.506 e. The van der Waals surface area contributed by atoms with E-state index in [1.54, 1.807) is 0 Å². The molecule has 0 heterocycles. The number of phenolic OH excluding ortho intramolecular Hbond substituents is 1. The third-order valence-electron chi connectivity index (χ3n) is 3.02. The Bertz CT molecular complexity index is 830. The van der Waals surface area contributed by atoms with Crippen LogP contribution in [0.2, 0.25) is 10.0 Å². The molecule has 2 rings (SSSR count). The number of alkyl halides is 3. The number of allylic oxidation sites excluding steroid dienone is 1. The molecule has 0 saturated carbocycles. The van der Waals surface area contributed by atoms with E-state index in [-0.39, 0.29) is 21.4 Å². The molecule has 0 aliphatic rings. The summed E-state index contributed by atoms with van der Waals surface area (Å²) >= 11 is 11.6. The molecule has 0 fully saturated rings. The third-order valence-corrected chi connectivity index (χ3v) is 3.90. The normalized spacial score (nSPS) is 11.9. The molecule has 2 aromatic rings. The maximum Gasteiger partial charge on any atom is 0.416 e. The van der Waals surface area contributed by atoms with Crippen LogP contribution in [0, 0.1) is 5.82 Å². The van der Waals surface area contributed by atoms with Gasteiger partial charge in [-0.05, 0) is 48.0 Å². The van der Waals surface area contributed by atoms with Crippen LogP contribution in [0.5, 0.6) is 5.75 Å². The summed E-state index contributed by atoms with van der Waals surface area (Å²) in [5.41, 5.74) is -1.45. The van der Waals surface area contributed by atoms with Crippen molar-refractivity contribution in [1.29, 1.82) is 0 Å². The van der Waals surface area contributed by atoms with E-state index in [1.807, 2.05) is 0 Å². The fourth-order valence-corrected chi connectivity index (χ4v) is 2.24. The standard InChI is InChI=1S/C16H8Cl2F4O2/c17-14-8(2-4-13(24)15(14)18)1-3-12(23)9-5-10(16(20,21)22)7-11(19)6-9/h1-7,24H. The Labute approximate surface area is 143 Å². The van der Waals surface area contributed by atoms with Crippen LogP contribution >= 0.6 is 23.2 Å². The number of hydrogen-bond donors (Lipinski definition) is 1. The van der Waals surface area contributed by atoms with Crippen LogP contribution < -0.4 is 0 Å². The lowest BCUT2D eigenvalue weighted by Crippen LogP contribution is -2.08. The van der Waals surface area contributed by atoms with Crippen molar-refractivity contribution in [2.75, 3.05) is 0 Å². The van der Waals surface area contributed by atoms with E-state index in [2.05, 4.69) is 0 Å². The van der Waals surface area contributed by atoms with Crippen LogP contribution in [0.3, 0.4) is 0 Å². The monoisotopic (exact) mass is 378 g/mol. The van der Waals surface area contributed by atoms with Gasteiger partial charge in [0.05, 0.1) is 10.6 Å². The van der Waals surface area contributed by atoms with Crippen molar-refractivity contribution in [2.45, 2.75) is 6.18 Å². The molecule has 0 saturated heterocycles. The molecule has 2 aromatic carbocycles. The van der Waals surface area contributed by atoms with E-state index in [0.29, 0.717) is 18.2 Å². The maximum atomic E-state index is 13.3. The SMILES string of the molecule is O=C(C=Cc1ccc(O)c(Cl)c1Cl)c1cc(F)cc(C(F)(F)F)c1. The average molecular weight is 379 g/mol. The van der Waals surface area contributed by atoms with Crippen LogP contribution in [0.1, 0.15) is 21.5 Å². The lowest BCUT2D eigenvalue weighted by molar-refractivity contribution is -0.137. The Hall–Kier alpha value is -2.05. The van der Waals surface area contributed by atoms with Crippen LogP contribution in [0.25, 0.3) is 6.08 Å². The van der Waals surface area contributed by atoms with Gasteiger partial charge >= 0.3 is 6.18 Å². The Balaban J connectivity index is 2.34. The molecule has 0 unspecified atom stereocenters. The maximum absolute atomic E-state index is 13.3. The summed E-state index contributed by atoms with van der Waals surface area (Å²) in [5.74, 6) is -2.28. The first-order chi connectivity index (χ1) is 11.1. The Morgan fingerprint density at radius 1 is 1.08 bits per heavy atom. The fourth-order valence-electron chi connectivity index (χ4n) is 1.84. The van der Waals surface area contributed by atoms with Gasteiger partial charge in [0.25, 0.3) is 0 Å². The first-order valence-electron chi connectivity index (χ1n) is 6.37. The second kappa shape index (κ2) is 6.83. The quantitative estimate of drug-likeness (QED) is 0.419. The number of carbonyl (C=O) groups is 1. The molecule has 0 amide bonds. The summed E-state index contributed by atoms with van der Waals surface area (Å²) in [6.45, 7) is 0. The van der Waals surface area contributed by atoms with Gasteiger partial charge in [-0.25, -0.2) is 4.39 Å². The van der Waals surface area contributed by atoms with Crippen molar-refractivity contribution in [3.63, 3.8) is 0 Å². The van der Waals surface area contributed by atoms with Crippen molar-refractivity contribution in [3.8, 4) is 5.75 Å². The molecular formula is C16H8Cl2F4O2. The smallest absolute Gasteiger partial charge is 0.416 e. The first-order valence-corrected chi connectivity index (χ1v) is 7.12. The van der Waals surface area contributed by atoms with Crippen LogP contribution in [0.4, 0.5) is 17.6 Å². The van der Waals surface area contributed by atoms with Gasteiger partial charge in [-0.1, -0.05) is 23.2 Å². The van der Waals surface area contributed by atoms with Crippen molar-refractivity contribution in [3.05, 3.63) is 69.0 Å². The van der Waals surface area contributed by atoms with Crippen LogP contribution in [-0.2, 0) is 6.18 Å². The van der Waals surface area contributed by atoms with Crippen LogP contribution in [-0.4, -0.2) is 10.9 Å². The highest BCUT2D eigenvalue weighted by molar-refractivity contribution is 6.43. The second-order valence-corrected chi connectivity index (χ2v) is 5.48. The molecule has 0 spiro atoms. The predicted molar refractivity (Wildman–Crippen MR) is 82.9 cm³/mol. The summed E-state index contributed by atoms with van der Waals surface area (Å²) in [6, 6.07) is 4.16. The topological polar surface area (TPSA) is 37.3 Å². The molecule has 0 bridgehead atoms. The van der Waals surface area contributed by atoms with E-state index < -0.39 is 28.9 Å². The largest absolute Gasteiger partial charge is 0.506 e. The number of benzene rings is 2. The summed E-state index contributed by atoms with van der Waals surface area (Å²) in [6.07, 6.45) is -2.63. The molecule has 0 aliphatic heterocycles. The van der Waals surface area contributed by atoms with Gasteiger partial charge in [-0.15, -0.1) is 0 Å². The van der Waals surface area contributed by atoms with E-state index in [4.69, 9.17) is 23.2 Å². The van der Waals surface area contributed by atoms with Crippen molar-refractivity contribution in [2.24, 2.45) is 0 Å². The first kappa shape index (κ1) is 18.3. The molecule has 1 N–H and O–H groups in total.